The summed E-state index contributed by atoms with van der Waals surface area (Å²) in [6, 6.07) is 13.7. The summed E-state index contributed by atoms with van der Waals surface area (Å²) in [5.74, 6) is 0.332. The molecule has 0 aromatic heterocycles. The molecule has 1 aliphatic heterocycles. The first-order valence-corrected chi connectivity index (χ1v) is 11.4. The van der Waals surface area contributed by atoms with E-state index in [0.29, 0.717) is 10.7 Å². The van der Waals surface area contributed by atoms with Crippen LogP contribution in [0.25, 0.3) is 6.08 Å². The summed E-state index contributed by atoms with van der Waals surface area (Å²) in [6.45, 7) is 8.26. The Labute approximate surface area is 193 Å². The zero-order chi connectivity index (χ0) is 23.3. The van der Waals surface area contributed by atoms with E-state index in [9.17, 15) is 14.4 Å². The van der Waals surface area contributed by atoms with Crippen LogP contribution in [-0.2, 0) is 9.59 Å². The summed E-state index contributed by atoms with van der Waals surface area (Å²) in [4.78, 5) is 38.6. The second-order valence-electron chi connectivity index (χ2n) is 8.08. The van der Waals surface area contributed by atoms with E-state index in [0.717, 1.165) is 38.9 Å². The lowest BCUT2D eigenvalue weighted by molar-refractivity contribution is -0.125. The molecule has 3 rings (SSSR count). The van der Waals surface area contributed by atoms with Gasteiger partial charge < -0.3 is 10.1 Å². The summed E-state index contributed by atoms with van der Waals surface area (Å²) >= 11 is 0.914. The highest BCUT2D eigenvalue weighted by Gasteiger charge is 2.34. The Morgan fingerprint density at radius 1 is 1.09 bits per heavy atom. The van der Waals surface area contributed by atoms with Crippen molar-refractivity contribution in [2.75, 3.05) is 19.7 Å². The fourth-order valence-corrected chi connectivity index (χ4v) is 4.12. The summed E-state index contributed by atoms with van der Waals surface area (Å²) in [5, 5.41) is 2.38. The van der Waals surface area contributed by atoms with E-state index in [1.165, 1.54) is 0 Å². The number of hydrogen-bond donors (Lipinski definition) is 1. The van der Waals surface area contributed by atoms with Crippen LogP contribution in [0.4, 0.5) is 4.79 Å². The molecule has 1 fully saturated rings. The van der Waals surface area contributed by atoms with Gasteiger partial charge in [0, 0.05) is 13.1 Å². The maximum Gasteiger partial charge on any atom is 0.293 e. The Morgan fingerprint density at radius 3 is 2.47 bits per heavy atom. The summed E-state index contributed by atoms with van der Waals surface area (Å²) in [7, 11) is 0. The van der Waals surface area contributed by atoms with Gasteiger partial charge in [-0.3, -0.25) is 19.3 Å². The van der Waals surface area contributed by atoms with E-state index in [2.05, 4.69) is 19.2 Å². The van der Waals surface area contributed by atoms with Crippen LogP contribution in [0.5, 0.6) is 5.75 Å². The number of nitrogens with one attached hydrogen (secondary N) is 1. The van der Waals surface area contributed by atoms with Gasteiger partial charge in [0.2, 0.25) is 0 Å². The number of aryl methyl sites for hydroxylation is 2. The smallest absolute Gasteiger partial charge is 0.293 e. The van der Waals surface area contributed by atoms with Gasteiger partial charge in [-0.25, -0.2) is 0 Å². The van der Waals surface area contributed by atoms with Gasteiger partial charge in [0.15, 0.2) is 6.61 Å². The minimum Gasteiger partial charge on any atom is -0.483 e. The van der Waals surface area contributed by atoms with Crippen molar-refractivity contribution in [1.29, 1.82) is 0 Å². The number of ether oxygens (including phenoxy) is 1. The largest absolute Gasteiger partial charge is 0.483 e. The first kappa shape index (κ1) is 23.6. The second kappa shape index (κ2) is 10.5. The molecule has 0 spiro atoms. The Morgan fingerprint density at radius 2 is 1.78 bits per heavy atom. The highest BCUT2D eigenvalue weighted by Crippen LogP contribution is 2.32. The Kier molecular flexibility index (Phi) is 7.75. The molecule has 0 aliphatic carbocycles. The van der Waals surface area contributed by atoms with Gasteiger partial charge in [0.1, 0.15) is 5.75 Å². The third-order valence-electron chi connectivity index (χ3n) is 5.06. The van der Waals surface area contributed by atoms with E-state index in [-0.39, 0.29) is 42.7 Å². The topological polar surface area (TPSA) is 75.7 Å². The number of carbonyl (C=O) groups excluding carboxylic acids is 3. The lowest BCUT2D eigenvalue weighted by atomic mass is 10.0. The molecule has 1 N–H and O–H groups in total. The van der Waals surface area contributed by atoms with Crippen molar-refractivity contribution >= 4 is 34.9 Å². The van der Waals surface area contributed by atoms with Crippen LogP contribution in [0.15, 0.2) is 47.4 Å². The van der Waals surface area contributed by atoms with Crippen molar-refractivity contribution in [1.82, 2.24) is 10.2 Å². The zero-order valence-corrected chi connectivity index (χ0v) is 19.6. The maximum absolute atomic E-state index is 12.6. The maximum atomic E-state index is 12.6. The molecule has 0 atom stereocenters. The predicted octanol–water partition coefficient (Wildman–Crippen LogP) is 4.66. The van der Waals surface area contributed by atoms with E-state index < -0.39 is 0 Å². The molecule has 1 aliphatic rings. The van der Waals surface area contributed by atoms with Crippen molar-refractivity contribution < 1.29 is 19.1 Å². The number of thioether (sulfide) groups is 1. The molecular weight excluding hydrogens is 424 g/mol. The van der Waals surface area contributed by atoms with Crippen molar-refractivity contribution in [3.8, 4) is 5.75 Å². The fraction of sp³-hybridized carbons (Fsp3) is 0.320. The molecule has 168 valence electrons. The third-order valence-corrected chi connectivity index (χ3v) is 5.96. The van der Waals surface area contributed by atoms with E-state index in [4.69, 9.17) is 4.74 Å². The second-order valence-corrected chi connectivity index (χ2v) is 9.07. The molecule has 2 aromatic rings. The number of hydrogen-bond acceptors (Lipinski definition) is 5. The summed E-state index contributed by atoms with van der Waals surface area (Å²) < 4.78 is 5.72. The number of amides is 3. The average Bonchev–Trinajstić information content (AvgIpc) is 3.01. The number of nitrogens with zero attached hydrogens (tertiary/aromatic N) is 1. The van der Waals surface area contributed by atoms with Crippen LogP contribution >= 0.6 is 11.8 Å². The molecule has 1 saturated heterocycles. The van der Waals surface area contributed by atoms with Crippen molar-refractivity contribution in [3.63, 3.8) is 0 Å². The molecular formula is C25H28N2O4S. The van der Waals surface area contributed by atoms with Gasteiger partial charge >= 0.3 is 0 Å². The van der Waals surface area contributed by atoms with Crippen LogP contribution in [0, 0.1) is 13.8 Å². The van der Waals surface area contributed by atoms with Gasteiger partial charge in [-0.2, -0.15) is 0 Å². The summed E-state index contributed by atoms with van der Waals surface area (Å²) in [5.41, 5.74) is 4.09. The SMILES string of the molecule is Cc1ccc(C=C2SC(=O)N(CCNC(=O)COc3cc(C)ccc3C(C)C)C2=O)cc1. The lowest BCUT2D eigenvalue weighted by Crippen LogP contribution is -2.38. The molecule has 2 aromatic carbocycles. The van der Waals surface area contributed by atoms with Gasteiger partial charge in [0.25, 0.3) is 17.1 Å². The van der Waals surface area contributed by atoms with Crippen molar-refractivity contribution in [2.24, 2.45) is 0 Å². The molecule has 0 unspecified atom stereocenters. The first-order valence-electron chi connectivity index (χ1n) is 10.6. The molecule has 6 nitrogen and oxygen atoms in total. The Hall–Kier alpha value is -3.06. The normalized spacial score (nSPS) is 15.0. The van der Waals surface area contributed by atoms with Gasteiger partial charge in [-0.1, -0.05) is 55.8 Å². The highest BCUT2D eigenvalue weighted by atomic mass is 32.2. The molecule has 3 amide bonds. The molecule has 7 heteroatoms. The number of carbonyl (C=O) groups is 3. The lowest BCUT2D eigenvalue weighted by Gasteiger charge is -2.16. The zero-order valence-electron chi connectivity index (χ0n) is 18.8. The fourth-order valence-electron chi connectivity index (χ4n) is 3.25. The minimum absolute atomic E-state index is 0.114. The first-order chi connectivity index (χ1) is 15.2. The number of imide groups is 1. The molecule has 0 saturated carbocycles. The minimum atomic E-state index is -0.340. The summed E-state index contributed by atoms with van der Waals surface area (Å²) in [6.07, 6.45) is 1.71. The number of rotatable bonds is 8. The van der Waals surface area contributed by atoms with E-state index >= 15 is 0 Å². The highest BCUT2D eigenvalue weighted by molar-refractivity contribution is 8.18. The van der Waals surface area contributed by atoms with Crippen LogP contribution in [0.2, 0.25) is 0 Å². The van der Waals surface area contributed by atoms with Gasteiger partial charge in [-0.05, 0) is 60.4 Å². The van der Waals surface area contributed by atoms with Gasteiger partial charge in [-0.15, -0.1) is 0 Å². The van der Waals surface area contributed by atoms with Crippen LogP contribution in [-0.4, -0.2) is 41.6 Å². The monoisotopic (exact) mass is 452 g/mol. The molecule has 32 heavy (non-hydrogen) atoms. The Balaban J connectivity index is 1.50. The quantitative estimate of drug-likeness (QED) is 0.590. The van der Waals surface area contributed by atoms with Crippen LogP contribution in [0.3, 0.4) is 0 Å². The Bertz CT molecular complexity index is 1040. The van der Waals surface area contributed by atoms with Crippen LogP contribution in [0.1, 0.15) is 42.0 Å². The van der Waals surface area contributed by atoms with Crippen molar-refractivity contribution in [2.45, 2.75) is 33.6 Å². The molecule has 0 radical (unpaired) electrons. The van der Waals surface area contributed by atoms with Crippen molar-refractivity contribution in [3.05, 3.63) is 69.6 Å². The third kappa shape index (κ3) is 6.01. The van der Waals surface area contributed by atoms with Crippen LogP contribution < -0.4 is 10.1 Å². The molecule has 0 bridgehead atoms. The number of benzene rings is 2. The molecule has 1 heterocycles. The average molecular weight is 453 g/mol. The van der Waals surface area contributed by atoms with Gasteiger partial charge in [0.05, 0.1) is 4.91 Å². The van der Waals surface area contributed by atoms with E-state index in [1.54, 1.807) is 6.08 Å². The van der Waals surface area contributed by atoms with E-state index in [1.807, 2.05) is 56.3 Å². The standard InChI is InChI=1S/C25H28N2O4S/c1-16(2)20-10-7-18(4)13-21(20)31-15-23(28)26-11-12-27-24(29)22(32-25(27)30)14-19-8-5-17(3)6-9-19/h5-10,13-14,16H,11-12,15H2,1-4H3,(H,26,28). The predicted molar refractivity (Wildman–Crippen MR) is 128 cm³/mol.